The Morgan fingerprint density at radius 2 is 2.06 bits per heavy atom. The molecule has 3 heteroatoms. The minimum atomic E-state index is -0.124. The van der Waals surface area contributed by atoms with Crippen molar-refractivity contribution in [2.75, 3.05) is 12.9 Å². The summed E-state index contributed by atoms with van der Waals surface area (Å²) in [5, 5.41) is 0.492. The predicted molar refractivity (Wildman–Crippen MR) is 73.2 cm³/mol. The Morgan fingerprint density at radius 1 is 1.35 bits per heavy atom. The van der Waals surface area contributed by atoms with Crippen LogP contribution in [-0.2, 0) is 9.53 Å². The van der Waals surface area contributed by atoms with Gasteiger partial charge in [0.1, 0.15) is 0 Å². The van der Waals surface area contributed by atoms with E-state index >= 15 is 0 Å². The van der Waals surface area contributed by atoms with Crippen LogP contribution >= 0.6 is 11.8 Å². The van der Waals surface area contributed by atoms with Crippen LogP contribution in [0.3, 0.4) is 0 Å². The first-order valence-corrected chi connectivity index (χ1v) is 7.06. The van der Waals surface area contributed by atoms with Gasteiger partial charge in [0.05, 0.1) is 13.5 Å². The molecule has 17 heavy (non-hydrogen) atoms. The highest BCUT2D eigenvalue weighted by atomic mass is 32.2. The fourth-order valence-corrected chi connectivity index (χ4v) is 2.98. The number of hydrogen-bond acceptors (Lipinski definition) is 3. The molecule has 0 bridgehead atoms. The highest BCUT2D eigenvalue weighted by molar-refractivity contribution is 7.99. The van der Waals surface area contributed by atoms with E-state index in [-0.39, 0.29) is 5.97 Å². The molecule has 0 aromatic heterocycles. The lowest BCUT2D eigenvalue weighted by molar-refractivity contribution is -0.140. The van der Waals surface area contributed by atoms with E-state index in [1.54, 1.807) is 0 Å². The van der Waals surface area contributed by atoms with Crippen molar-refractivity contribution in [1.29, 1.82) is 0 Å². The molecule has 1 aromatic carbocycles. The molecule has 0 radical (unpaired) electrons. The van der Waals surface area contributed by atoms with Crippen LogP contribution in [0.2, 0.25) is 0 Å². The first kappa shape index (κ1) is 14.1. The summed E-state index contributed by atoms with van der Waals surface area (Å²) in [4.78, 5) is 11.1. The molecule has 1 unspecified atom stereocenters. The van der Waals surface area contributed by atoms with Gasteiger partial charge in [0.25, 0.3) is 0 Å². The third kappa shape index (κ3) is 5.26. The molecular weight excluding hydrogens is 232 g/mol. The molecule has 0 heterocycles. The molecule has 0 spiro atoms. The number of benzene rings is 1. The van der Waals surface area contributed by atoms with Crippen LogP contribution in [-0.4, -0.2) is 18.8 Å². The Bertz CT molecular complexity index is 324. The molecule has 1 rings (SSSR count). The second kappa shape index (κ2) is 8.18. The first-order chi connectivity index (χ1) is 8.27. The van der Waals surface area contributed by atoms with Gasteiger partial charge in [-0.15, -0.1) is 0 Å². The molecule has 0 fully saturated rings. The van der Waals surface area contributed by atoms with Gasteiger partial charge in [0.15, 0.2) is 0 Å². The van der Waals surface area contributed by atoms with E-state index in [0.29, 0.717) is 11.7 Å². The van der Waals surface area contributed by atoms with Gasteiger partial charge in [-0.1, -0.05) is 43.7 Å². The third-order valence-electron chi connectivity index (χ3n) is 2.58. The average Bonchev–Trinajstić information content (AvgIpc) is 2.38. The molecule has 0 saturated carbocycles. The zero-order chi connectivity index (χ0) is 12.5. The lowest BCUT2D eigenvalue weighted by Crippen LogP contribution is -2.03. The number of rotatable bonds is 7. The quantitative estimate of drug-likeness (QED) is 0.690. The van der Waals surface area contributed by atoms with Crippen molar-refractivity contribution in [3.8, 4) is 0 Å². The number of thioether (sulfide) groups is 1. The van der Waals surface area contributed by atoms with Gasteiger partial charge in [-0.25, -0.2) is 0 Å². The molecule has 0 aliphatic carbocycles. The van der Waals surface area contributed by atoms with Crippen molar-refractivity contribution in [3.05, 3.63) is 35.9 Å². The van der Waals surface area contributed by atoms with E-state index in [2.05, 4.69) is 35.9 Å². The fraction of sp³-hybridized carbons (Fsp3) is 0.500. The molecule has 94 valence electrons. The first-order valence-electron chi connectivity index (χ1n) is 6.01. The van der Waals surface area contributed by atoms with E-state index in [1.165, 1.54) is 12.7 Å². The topological polar surface area (TPSA) is 26.3 Å². The molecular formula is C14H20O2S. The monoisotopic (exact) mass is 252 g/mol. The number of carbonyl (C=O) groups is 1. The summed E-state index contributed by atoms with van der Waals surface area (Å²) in [6, 6.07) is 10.5. The minimum absolute atomic E-state index is 0.124. The van der Waals surface area contributed by atoms with E-state index in [9.17, 15) is 4.79 Å². The maximum Gasteiger partial charge on any atom is 0.306 e. The number of carbonyl (C=O) groups excluding carboxylic acids is 1. The van der Waals surface area contributed by atoms with Crippen LogP contribution in [0.15, 0.2) is 30.3 Å². The van der Waals surface area contributed by atoms with Crippen molar-refractivity contribution in [2.45, 2.75) is 31.4 Å². The maximum atomic E-state index is 11.1. The van der Waals surface area contributed by atoms with Gasteiger partial charge in [-0.2, -0.15) is 11.8 Å². The van der Waals surface area contributed by atoms with Crippen LogP contribution < -0.4 is 0 Å². The Balaban J connectivity index is 2.47. The summed E-state index contributed by atoms with van der Waals surface area (Å²) in [5.74, 6) is 0.701. The van der Waals surface area contributed by atoms with Crippen LogP contribution in [0, 0.1) is 0 Å². The van der Waals surface area contributed by atoms with Crippen LogP contribution in [0.5, 0.6) is 0 Å². The normalized spacial score (nSPS) is 12.1. The van der Waals surface area contributed by atoms with Gasteiger partial charge < -0.3 is 4.74 Å². The van der Waals surface area contributed by atoms with Crippen LogP contribution in [0.1, 0.15) is 37.0 Å². The predicted octanol–water partition coefficient (Wildman–Crippen LogP) is 3.82. The Labute approximate surface area is 108 Å². The van der Waals surface area contributed by atoms with Crippen LogP contribution in [0.4, 0.5) is 0 Å². The van der Waals surface area contributed by atoms with Crippen molar-refractivity contribution in [2.24, 2.45) is 0 Å². The highest BCUT2D eigenvalue weighted by Crippen LogP contribution is 2.33. The second-order valence-electron chi connectivity index (χ2n) is 3.88. The molecule has 0 aliphatic heterocycles. The number of esters is 1. The smallest absolute Gasteiger partial charge is 0.306 e. The van der Waals surface area contributed by atoms with E-state index in [0.717, 1.165) is 18.6 Å². The Hall–Kier alpha value is -0.960. The van der Waals surface area contributed by atoms with Gasteiger partial charge in [-0.05, 0) is 12.0 Å². The standard InChI is InChI=1S/C14H20O2S/c1-3-7-13(12-8-5-4-6-9-12)17-11-10-14(15)16-2/h4-6,8-9,13H,3,7,10-11H2,1-2H3. The van der Waals surface area contributed by atoms with Gasteiger partial charge in [-0.3, -0.25) is 4.79 Å². The van der Waals surface area contributed by atoms with E-state index in [4.69, 9.17) is 0 Å². The molecule has 0 saturated heterocycles. The minimum Gasteiger partial charge on any atom is -0.469 e. The molecule has 2 nitrogen and oxygen atoms in total. The van der Waals surface area contributed by atoms with Crippen LogP contribution in [0.25, 0.3) is 0 Å². The summed E-state index contributed by atoms with van der Waals surface area (Å²) in [6.45, 7) is 2.19. The van der Waals surface area contributed by atoms with Crippen molar-refractivity contribution in [1.82, 2.24) is 0 Å². The van der Waals surface area contributed by atoms with Crippen molar-refractivity contribution >= 4 is 17.7 Å². The highest BCUT2D eigenvalue weighted by Gasteiger charge is 2.11. The van der Waals surface area contributed by atoms with Gasteiger partial charge in [0.2, 0.25) is 0 Å². The SMILES string of the molecule is CCCC(SCCC(=O)OC)c1ccccc1. The average molecular weight is 252 g/mol. The van der Waals surface area contributed by atoms with Gasteiger partial charge in [0, 0.05) is 11.0 Å². The summed E-state index contributed by atoms with van der Waals surface area (Å²) < 4.78 is 4.65. The van der Waals surface area contributed by atoms with E-state index < -0.39 is 0 Å². The Morgan fingerprint density at radius 3 is 2.65 bits per heavy atom. The third-order valence-corrected chi connectivity index (χ3v) is 3.93. The molecule has 0 amide bonds. The largest absolute Gasteiger partial charge is 0.469 e. The molecule has 0 N–H and O–H groups in total. The number of ether oxygens (including phenoxy) is 1. The Kier molecular flexibility index (Phi) is 6.78. The lowest BCUT2D eigenvalue weighted by atomic mass is 10.1. The summed E-state index contributed by atoms with van der Waals surface area (Å²) in [7, 11) is 1.44. The second-order valence-corrected chi connectivity index (χ2v) is 5.20. The number of methoxy groups -OCH3 is 1. The molecule has 1 aromatic rings. The van der Waals surface area contributed by atoms with E-state index in [1.807, 2.05) is 17.8 Å². The fourth-order valence-electron chi connectivity index (χ4n) is 1.66. The number of hydrogen-bond donors (Lipinski definition) is 0. The summed E-state index contributed by atoms with van der Waals surface area (Å²) in [6.07, 6.45) is 2.80. The lowest BCUT2D eigenvalue weighted by Gasteiger charge is -2.15. The maximum absolute atomic E-state index is 11.1. The molecule has 0 aliphatic rings. The zero-order valence-corrected chi connectivity index (χ0v) is 11.3. The van der Waals surface area contributed by atoms with Gasteiger partial charge >= 0.3 is 5.97 Å². The molecule has 1 atom stereocenters. The van der Waals surface area contributed by atoms with Crippen molar-refractivity contribution in [3.63, 3.8) is 0 Å². The van der Waals surface area contributed by atoms with Crippen molar-refractivity contribution < 1.29 is 9.53 Å². The summed E-state index contributed by atoms with van der Waals surface area (Å²) in [5.41, 5.74) is 1.35. The summed E-state index contributed by atoms with van der Waals surface area (Å²) >= 11 is 1.84. The zero-order valence-electron chi connectivity index (χ0n) is 10.5.